The molecule has 1 aromatic heterocycles. The third-order valence-corrected chi connectivity index (χ3v) is 5.67. The Labute approximate surface area is 185 Å². The van der Waals surface area contributed by atoms with E-state index >= 15 is 4.39 Å². The molecule has 3 rings (SSSR count). The molecule has 0 saturated carbocycles. The monoisotopic (exact) mass is 493 g/mol. The maximum atomic E-state index is 15.0. The number of rotatable bonds is 5. The Balaban J connectivity index is 1.83. The number of fused-ring (bicyclic) bond motifs is 1. The van der Waals surface area contributed by atoms with E-state index in [0.29, 0.717) is 4.57 Å². The van der Waals surface area contributed by atoms with Gasteiger partial charge in [-0.05, 0) is 20.8 Å². The molecule has 0 amide bonds. The number of nitrogens with zero attached hydrogens (tertiary/aromatic N) is 1. The molecular weight excluding hydrogens is 472 g/mol. The number of aromatic nitrogens is 2. The molecule has 0 radical (unpaired) electrons. The first kappa shape index (κ1) is 24.6. The summed E-state index contributed by atoms with van der Waals surface area (Å²) in [6, 6.07) is 0.942. The van der Waals surface area contributed by atoms with Crippen LogP contribution in [0.4, 0.5) is 9.18 Å². The fourth-order valence-corrected chi connectivity index (χ4v) is 4.11. The molecule has 33 heavy (non-hydrogen) atoms. The van der Waals surface area contributed by atoms with Gasteiger partial charge in [0, 0.05) is 12.3 Å². The molecule has 16 heteroatoms. The van der Waals surface area contributed by atoms with Crippen LogP contribution in [-0.4, -0.2) is 59.4 Å². The van der Waals surface area contributed by atoms with E-state index in [1.165, 1.54) is 6.92 Å². The predicted octanol–water partition coefficient (Wildman–Crippen LogP) is 0.595. The summed E-state index contributed by atoms with van der Waals surface area (Å²) in [5.41, 5.74) is -1.75. The standard InChI is InChI=1S/C17H21FN3O11P/c1-8(2)28-12(23)6-19-33(26)27-7-10-14(31-17(25)29-9(3)32-33)13(18)15(30-10)21-5-4-11(22)20-16(21)24/h4-5,8-10,14H,6-7H2,1-3H3,(H,19,26)(H,20,22,24)/t9?,10?,14-,33?/m0/s1. The molecular formula is C17H21FN3O11P. The maximum absolute atomic E-state index is 15.0. The van der Waals surface area contributed by atoms with Gasteiger partial charge in [-0.1, -0.05) is 0 Å². The van der Waals surface area contributed by atoms with E-state index in [-0.39, 0.29) is 0 Å². The van der Waals surface area contributed by atoms with E-state index in [4.69, 9.17) is 28.0 Å². The molecule has 4 atom stereocenters. The summed E-state index contributed by atoms with van der Waals surface area (Å²) in [6.07, 6.45) is -5.52. The molecule has 1 saturated heterocycles. The minimum atomic E-state index is -4.31. The molecule has 0 aromatic carbocycles. The van der Waals surface area contributed by atoms with Crippen molar-refractivity contribution in [2.45, 2.75) is 45.4 Å². The number of hydrogen-bond donors (Lipinski definition) is 2. The Morgan fingerprint density at radius 3 is 2.73 bits per heavy atom. The average molecular weight is 493 g/mol. The Hall–Kier alpha value is -3.00. The van der Waals surface area contributed by atoms with Gasteiger partial charge in [-0.3, -0.25) is 23.6 Å². The minimum absolute atomic E-state index is 0.431. The first-order valence-electron chi connectivity index (χ1n) is 9.61. The van der Waals surface area contributed by atoms with Crippen molar-refractivity contribution < 1.29 is 46.5 Å². The number of esters is 1. The van der Waals surface area contributed by atoms with E-state index in [1.807, 2.05) is 4.98 Å². The van der Waals surface area contributed by atoms with E-state index in [9.17, 15) is 23.7 Å². The zero-order valence-electron chi connectivity index (χ0n) is 17.6. The summed E-state index contributed by atoms with van der Waals surface area (Å²) in [4.78, 5) is 49.0. The van der Waals surface area contributed by atoms with Crippen LogP contribution in [0.1, 0.15) is 20.8 Å². The van der Waals surface area contributed by atoms with Crippen LogP contribution >= 0.6 is 7.75 Å². The highest BCUT2D eigenvalue weighted by molar-refractivity contribution is 7.51. The van der Waals surface area contributed by atoms with Crippen molar-refractivity contribution in [1.29, 1.82) is 0 Å². The lowest BCUT2D eigenvalue weighted by molar-refractivity contribution is -0.146. The van der Waals surface area contributed by atoms with Crippen molar-refractivity contribution in [2.75, 3.05) is 13.2 Å². The number of aromatic amines is 1. The van der Waals surface area contributed by atoms with Crippen molar-refractivity contribution >= 4 is 25.8 Å². The number of hydrogen-bond acceptors (Lipinski definition) is 11. The molecule has 14 nitrogen and oxygen atoms in total. The van der Waals surface area contributed by atoms with Crippen LogP contribution in [0.3, 0.4) is 0 Å². The van der Waals surface area contributed by atoms with Crippen molar-refractivity contribution in [2.24, 2.45) is 0 Å². The molecule has 0 aliphatic carbocycles. The lowest BCUT2D eigenvalue weighted by atomic mass is 10.2. The van der Waals surface area contributed by atoms with Crippen LogP contribution in [0.25, 0.3) is 5.88 Å². The highest BCUT2D eigenvalue weighted by Crippen LogP contribution is 2.47. The fourth-order valence-electron chi connectivity index (χ4n) is 2.78. The van der Waals surface area contributed by atoms with Crippen LogP contribution < -0.4 is 16.3 Å². The van der Waals surface area contributed by atoms with Gasteiger partial charge in [-0.15, -0.1) is 0 Å². The Morgan fingerprint density at radius 1 is 1.33 bits per heavy atom. The Morgan fingerprint density at radius 2 is 2.06 bits per heavy atom. The minimum Gasteiger partial charge on any atom is -0.466 e. The number of H-pyrrole nitrogens is 1. The first-order chi connectivity index (χ1) is 15.5. The topological polar surface area (TPSA) is 173 Å². The number of carbonyl (C=O) groups excluding carboxylic acids is 2. The normalized spacial score (nSPS) is 27.9. The summed E-state index contributed by atoms with van der Waals surface area (Å²) < 4.78 is 59.0. The van der Waals surface area contributed by atoms with Gasteiger partial charge < -0.3 is 18.9 Å². The van der Waals surface area contributed by atoms with E-state index in [0.717, 1.165) is 12.3 Å². The first-order valence-corrected chi connectivity index (χ1v) is 11.1. The highest BCUT2D eigenvalue weighted by atomic mass is 31.2. The Kier molecular flexibility index (Phi) is 7.37. The van der Waals surface area contributed by atoms with Gasteiger partial charge in [0.15, 0.2) is 6.10 Å². The molecule has 0 bridgehead atoms. The number of halogens is 1. The molecule has 182 valence electrons. The average Bonchev–Trinajstić information content (AvgIpc) is 2.99. The fraction of sp³-hybridized carbons (Fsp3) is 0.529. The second-order valence-electron chi connectivity index (χ2n) is 7.04. The maximum Gasteiger partial charge on any atom is 0.511 e. The smallest absolute Gasteiger partial charge is 0.466 e. The Bertz CT molecular complexity index is 1110. The molecule has 0 spiro atoms. The highest BCUT2D eigenvalue weighted by Gasteiger charge is 2.45. The summed E-state index contributed by atoms with van der Waals surface area (Å²) in [7, 11) is -4.31. The molecule has 1 aromatic rings. The summed E-state index contributed by atoms with van der Waals surface area (Å²) in [5.74, 6) is -2.63. The van der Waals surface area contributed by atoms with Gasteiger partial charge in [0.05, 0.1) is 12.7 Å². The number of nitrogens with one attached hydrogen (secondary N) is 2. The second kappa shape index (κ2) is 9.87. The number of carbonyl (C=O) groups is 2. The summed E-state index contributed by atoms with van der Waals surface area (Å²) >= 11 is 0. The molecule has 2 N–H and O–H groups in total. The van der Waals surface area contributed by atoms with Crippen LogP contribution in [0, 0.1) is 0 Å². The van der Waals surface area contributed by atoms with Crippen LogP contribution in [0.15, 0.2) is 27.7 Å². The predicted molar refractivity (Wildman–Crippen MR) is 105 cm³/mol. The third kappa shape index (κ3) is 6.07. The molecule has 2 aliphatic rings. The second-order valence-corrected chi connectivity index (χ2v) is 8.82. The molecule has 3 heterocycles. The van der Waals surface area contributed by atoms with Gasteiger partial charge >= 0.3 is 25.6 Å². The lowest BCUT2D eigenvalue weighted by Crippen LogP contribution is -2.37. The van der Waals surface area contributed by atoms with Gasteiger partial charge in [-0.2, -0.15) is 0 Å². The van der Waals surface area contributed by atoms with Crippen molar-refractivity contribution in [3.05, 3.63) is 38.9 Å². The van der Waals surface area contributed by atoms with Gasteiger partial charge in [0.25, 0.3) is 5.56 Å². The van der Waals surface area contributed by atoms with E-state index < -0.39 is 80.6 Å². The number of cyclic esters (lactones) is 1. The van der Waals surface area contributed by atoms with Gasteiger partial charge in [0.1, 0.15) is 6.54 Å². The zero-order chi connectivity index (χ0) is 24.3. The van der Waals surface area contributed by atoms with Crippen molar-refractivity contribution in [3.8, 4) is 0 Å². The van der Waals surface area contributed by atoms with E-state index in [2.05, 4.69) is 5.09 Å². The SMILES string of the molecule is CC(C)OC(=O)CNP1(=O)OCC2OC(n3ccc(=O)[nH]c3=O)=C(F)[C@H]2OC(=O)OC(C)O1. The molecule has 1 fully saturated rings. The van der Waals surface area contributed by atoms with Crippen LogP contribution in [0.5, 0.6) is 0 Å². The quantitative estimate of drug-likeness (QED) is 0.432. The molecule has 2 aliphatic heterocycles. The molecule has 3 unspecified atom stereocenters. The number of ether oxygens (including phenoxy) is 4. The van der Waals surface area contributed by atoms with Gasteiger partial charge in [-0.25, -0.2) is 28.2 Å². The van der Waals surface area contributed by atoms with Crippen molar-refractivity contribution in [3.63, 3.8) is 0 Å². The summed E-state index contributed by atoms with van der Waals surface area (Å²) in [6.45, 7) is 3.17. The largest absolute Gasteiger partial charge is 0.511 e. The van der Waals surface area contributed by atoms with Crippen molar-refractivity contribution in [1.82, 2.24) is 14.6 Å². The summed E-state index contributed by atoms with van der Waals surface area (Å²) in [5, 5.41) is 2.26. The zero-order valence-corrected chi connectivity index (χ0v) is 18.5. The van der Waals surface area contributed by atoms with E-state index in [1.54, 1.807) is 13.8 Å². The third-order valence-electron chi connectivity index (χ3n) is 4.06. The van der Waals surface area contributed by atoms with Crippen LogP contribution in [-0.2, 0) is 37.4 Å². The van der Waals surface area contributed by atoms with Crippen LogP contribution in [0.2, 0.25) is 0 Å². The lowest BCUT2D eigenvalue weighted by Gasteiger charge is -2.27. The van der Waals surface area contributed by atoms with Gasteiger partial charge in [0.2, 0.25) is 24.1 Å².